The molecular weight excluding hydrogens is 136 g/mol. The molecule has 2 heterocycles. The Morgan fingerprint density at radius 2 is 1.73 bits per heavy atom. The molecule has 0 aromatic heterocycles. The lowest BCUT2D eigenvalue weighted by atomic mass is 9.89. The Morgan fingerprint density at radius 3 is 2.36 bits per heavy atom. The predicted octanol–water partition coefficient (Wildman–Crippen LogP) is -1.31. The van der Waals surface area contributed by atoms with Crippen LogP contribution in [-0.2, 0) is 0 Å². The van der Waals surface area contributed by atoms with Crippen LogP contribution in [0.2, 0.25) is 0 Å². The molecule has 2 nitrogen and oxygen atoms in total. The average molecular weight is 156 g/mol. The quantitative estimate of drug-likeness (QED) is 0.472. The molecule has 0 bridgehead atoms. The van der Waals surface area contributed by atoms with E-state index < -0.39 is 0 Å². The Morgan fingerprint density at radius 1 is 0.909 bits per heavy atom. The van der Waals surface area contributed by atoms with Gasteiger partial charge >= 0.3 is 0 Å². The van der Waals surface area contributed by atoms with Gasteiger partial charge in [-0.15, -0.1) is 0 Å². The summed E-state index contributed by atoms with van der Waals surface area (Å²) in [6, 6.07) is 1.00. The van der Waals surface area contributed by atoms with Crippen molar-refractivity contribution in [3.8, 4) is 0 Å². The van der Waals surface area contributed by atoms with E-state index in [2.05, 4.69) is 10.6 Å². The molecule has 4 N–H and O–H groups in total. The van der Waals surface area contributed by atoms with Gasteiger partial charge in [0.05, 0.1) is 25.7 Å². The van der Waals surface area contributed by atoms with Crippen LogP contribution >= 0.6 is 0 Å². The van der Waals surface area contributed by atoms with E-state index in [1.807, 2.05) is 0 Å². The van der Waals surface area contributed by atoms with Crippen LogP contribution in [0, 0.1) is 5.92 Å². The van der Waals surface area contributed by atoms with Gasteiger partial charge < -0.3 is 10.6 Å². The first-order chi connectivity index (χ1) is 5.47. The average Bonchev–Trinajstić information content (AvgIpc) is 2.58. The van der Waals surface area contributed by atoms with Gasteiger partial charge in [0.1, 0.15) is 0 Å². The topological polar surface area (TPSA) is 33.2 Å². The molecule has 1 atom stereocenters. The lowest BCUT2D eigenvalue weighted by molar-refractivity contribution is -0.694. The van der Waals surface area contributed by atoms with Gasteiger partial charge in [0.25, 0.3) is 0 Å². The fourth-order valence-electron chi connectivity index (χ4n) is 2.61. The van der Waals surface area contributed by atoms with Gasteiger partial charge in [-0.05, 0) is 0 Å². The molecule has 0 aromatic rings. The van der Waals surface area contributed by atoms with E-state index in [0.29, 0.717) is 0 Å². The van der Waals surface area contributed by atoms with E-state index in [1.165, 1.54) is 45.3 Å². The van der Waals surface area contributed by atoms with Gasteiger partial charge in [0.2, 0.25) is 0 Å². The molecule has 0 unspecified atom stereocenters. The number of hydrogen-bond donors (Lipinski definition) is 2. The number of piperidine rings is 1. The second-order valence-corrected chi connectivity index (χ2v) is 4.03. The number of nitrogens with two attached hydrogens (primary N) is 2. The summed E-state index contributed by atoms with van der Waals surface area (Å²) in [4.78, 5) is 0. The molecule has 0 radical (unpaired) electrons. The minimum absolute atomic E-state index is 1.00. The lowest BCUT2D eigenvalue weighted by Crippen LogP contribution is -2.91. The highest BCUT2D eigenvalue weighted by Crippen LogP contribution is 2.16. The van der Waals surface area contributed by atoms with Crippen molar-refractivity contribution in [2.75, 3.05) is 19.6 Å². The standard InChI is InChI=1S/C9H18N2/c1-2-9(11-5-1)8-3-6-10-7-4-8/h8-11H,1-7H2/p+2/t9-/m0/s1. The molecule has 2 aliphatic rings. The van der Waals surface area contributed by atoms with E-state index in [-0.39, 0.29) is 0 Å². The van der Waals surface area contributed by atoms with Crippen LogP contribution in [0.4, 0.5) is 0 Å². The first-order valence-electron chi connectivity index (χ1n) is 5.12. The molecule has 64 valence electrons. The molecule has 2 rings (SSSR count). The molecule has 11 heavy (non-hydrogen) atoms. The first-order valence-corrected chi connectivity index (χ1v) is 5.12. The largest absolute Gasteiger partial charge is 0.346 e. The van der Waals surface area contributed by atoms with E-state index in [9.17, 15) is 0 Å². The van der Waals surface area contributed by atoms with Gasteiger partial charge in [-0.2, -0.15) is 0 Å². The number of hydrogen-bond acceptors (Lipinski definition) is 0. The zero-order chi connectivity index (χ0) is 7.52. The minimum atomic E-state index is 1.00. The van der Waals surface area contributed by atoms with Crippen molar-refractivity contribution in [1.29, 1.82) is 0 Å². The third-order valence-electron chi connectivity index (χ3n) is 3.30. The monoisotopic (exact) mass is 156 g/mol. The van der Waals surface area contributed by atoms with E-state index in [0.717, 1.165) is 12.0 Å². The summed E-state index contributed by atoms with van der Waals surface area (Å²) in [6.07, 6.45) is 5.90. The minimum Gasteiger partial charge on any atom is -0.346 e. The lowest BCUT2D eigenvalue weighted by Gasteiger charge is -2.23. The molecule has 0 amide bonds. The zero-order valence-electron chi connectivity index (χ0n) is 7.26. The molecule has 0 spiro atoms. The van der Waals surface area contributed by atoms with Crippen molar-refractivity contribution < 1.29 is 10.6 Å². The first kappa shape index (κ1) is 7.56. The number of quaternary nitrogens is 2. The molecule has 2 heteroatoms. The van der Waals surface area contributed by atoms with Crippen LogP contribution in [0.3, 0.4) is 0 Å². The van der Waals surface area contributed by atoms with E-state index >= 15 is 0 Å². The van der Waals surface area contributed by atoms with E-state index in [1.54, 1.807) is 0 Å². The van der Waals surface area contributed by atoms with Crippen LogP contribution in [0.15, 0.2) is 0 Å². The summed E-state index contributed by atoms with van der Waals surface area (Å²) in [5.41, 5.74) is 0. The molecule has 2 aliphatic heterocycles. The summed E-state index contributed by atoms with van der Waals surface area (Å²) in [7, 11) is 0. The normalized spacial score (nSPS) is 34.4. The maximum atomic E-state index is 2.58. The summed E-state index contributed by atoms with van der Waals surface area (Å²) in [6.45, 7) is 4.16. The maximum absolute atomic E-state index is 2.58. The Labute approximate surface area is 68.7 Å². The van der Waals surface area contributed by atoms with Crippen LogP contribution < -0.4 is 10.6 Å². The summed E-state index contributed by atoms with van der Waals surface area (Å²) in [5, 5.41) is 5.04. The third-order valence-corrected chi connectivity index (χ3v) is 3.30. The van der Waals surface area contributed by atoms with Gasteiger partial charge in [0.15, 0.2) is 0 Å². The smallest absolute Gasteiger partial charge is 0.0894 e. The Balaban J connectivity index is 1.82. The van der Waals surface area contributed by atoms with Gasteiger partial charge in [-0.25, -0.2) is 0 Å². The summed E-state index contributed by atoms with van der Waals surface area (Å²) in [5.74, 6) is 1.06. The van der Waals surface area contributed by atoms with Crippen molar-refractivity contribution in [2.45, 2.75) is 31.7 Å². The van der Waals surface area contributed by atoms with Crippen molar-refractivity contribution >= 4 is 0 Å². The molecule has 2 saturated heterocycles. The Kier molecular flexibility index (Phi) is 2.44. The fourth-order valence-corrected chi connectivity index (χ4v) is 2.61. The van der Waals surface area contributed by atoms with E-state index in [4.69, 9.17) is 0 Å². The third kappa shape index (κ3) is 1.74. The molecule has 2 fully saturated rings. The van der Waals surface area contributed by atoms with Crippen molar-refractivity contribution in [3.05, 3.63) is 0 Å². The van der Waals surface area contributed by atoms with Crippen molar-refractivity contribution in [3.63, 3.8) is 0 Å². The Bertz CT molecular complexity index is 113. The van der Waals surface area contributed by atoms with Crippen molar-refractivity contribution in [1.82, 2.24) is 0 Å². The summed E-state index contributed by atoms with van der Waals surface area (Å²) < 4.78 is 0. The SMILES string of the molecule is C1C[NH2+][C@H](C2CC[NH2+]CC2)C1. The van der Waals surface area contributed by atoms with Crippen LogP contribution in [0.1, 0.15) is 25.7 Å². The van der Waals surface area contributed by atoms with Crippen LogP contribution in [0.25, 0.3) is 0 Å². The molecule has 0 aromatic carbocycles. The highest BCUT2D eigenvalue weighted by molar-refractivity contribution is 4.72. The molecule has 0 saturated carbocycles. The molecule has 0 aliphatic carbocycles. The summed E-state index contributed by atoms with van der Waals surface area (Å²) >= 11 is 0. The fraction of sp³-hybridized carbons (Fsp3) is 1.00. The molecular formula is C9H20N2+2. The van der Waals surface area contributed by atoms with Crippen LogP contribution in [0.5, 0.6) is 0 Å². The highest BCUT2D eigenvalue weighted by Gasteiger charge is 2.30. The zero-order valence-corrected chi connectivity index (χ0v) is 7.26. The highest BCUT2D eigenvalue weighted by atomic mass is 15.0. The number of rotatable bonds is 1. The van der Waals surface area contributed by atoms with Gasteiger partial charge in [-0.3, -0.25) is 0 Å². The Hall–Kier alpha value is -0.0800. The van der Waals surface area contributed by atoms with Crippen molar-refractivity contribution in [2.24, 2.45) is 5.92 Å². The van der Waals surface area contributed by atoms with Gasteiger partial charge in [-0.1, -0.05) is 0 Å². The predicted molar refractivity (Wildman–Crippen MR) is 44.2 cm³/mol. The maximum Gasteiger partial charge on any atom is 0.0894 e. The second kappa shape index (κ2) is 3.55. The van der Waals surface area contributed by atoms with Crippen LogP contribution in [-0.4, -0.2) is 25.7 Å². The second-order valence-electron chi connectivity index (χ2n) is 4.03. The van der Waals surface area contributed by atoms with Gasteiger partial charge in [0, 0.05) is 31.6 Å².